The summed E-state index contributed by atoms with van der Waals surface area (Å²) in [5.41, 5.74) is 5.30. The Balaban J connectivity index is 1.44. The minimum absolute atomic E-state index is 0.0868. The summed E-state index contributed by atoms with van der Waals surface area (Å²) < 4.78 is 46.3. The molecule has 0 aromatic heterocycles. The predicted octanol–water partition coefficient (Wildman–Crippen LogP) is 3.45. The number of unbranched alkanes of at least 4 members (excludes halogenated alkanes) is 3. The number of hydrogen-bond donors (Lipinski definition) is 3. The van der Waals surface area contributed by atoms with Crippen LogP contribution in [0.4, 0.5) is 9.18 Å². The van der Waals surface area contributed by atoms with Crippen LogP contribution in [0, 0.1) is 24.6 Å². The highest BCUT2D eigenvalue weighted by Gasteiger charge is 2.43. The fraction of sp³-hybridized carbons (Fsp3) is 0.600. The smallest absolute Gasteiger partial charge is 0.408 e. The van der Waals surface area contributed by atoms with Gasteiger partial charge in [-0.15, -0.1) is 0 Å². The monoisotopic (exact) mass is 622 g/mol. The number of rotatable bonds is 13. The van der Waals surface area contributed by atoms with E-state index >= 15 is 0 Å². The molecule has 13 heteroatoms. The van der Waals surface area contributed by atoms with Crippen LogP contribution in [0.5, 0.6) is 0 Å². The van der Waals surface area contributed by atoms with Gasteiger partial charge in [-0.2, -0.15) is 0 Å². The second kappa shape index (κ2) is 14.3. The van der Waals surface area contributed by atoms with Gasteiger partial charge in [0.25, 0.3) is 10.0 Å². The number of benzene rings is 1. The summed E-state index contributed by atoms with van der Waals surface area (Å²) in [7, 11) is -4.30. The summed E-state index contributed by atoms with van der Waals surface area (Å²) in [5.74, 6) is -3.06. The summed E-state index contributed by atoms with van der Waals surface area (Å²) in [6.45, 7) is 7.22. The van der Waals surface area contributed by atoms with Gasteiger partial charge in [-0.1, -0.05) is 31.1 Å². The van der Waals surface area contributed by atoms with Gasteiger partial charge in [0.2, 0.25) is 17.7 Å². The number of carbonyl (C=O) groups excluding carboxylic acids is 4. The molecule has 1 heterocycles. The number of likely N-dealkylation sites (tertiary alicyclic amines) is 1. The van der Waals surface area contributed by atoms with Gasteiger partial charge in [0.15, 0.2) is 0 Å². The maximum absolute atomic E-state index is 14.0. The van der Waals surface area contributed by atoms with Crippen molar-refractivity contribution < 1.29 is 36.7 Å². The summed E-state index contributed by atoms with van der Waals surface area (Å²) in [4.78, 5) is 50.8. The highest BCUT2D eigenvalue weighted by molar-refractivity contribution is 7.90. The standard InChI is InChI=1S/C30H43FN4O7S/c1-19-14-15-22(31)25(17-19)43(40,41)34-27(37)21-18-20(21)11-8-6-5-7-9-12-23(33-29(39)42-30(2,3)4)28(38)35-16-10-13-24(35)26(32)36/h8,11,14-15,17,20-21,23-24H,5-7,9-10,12-13,16,18H2,1-4H3,(H2,32,36)(H,33,39)(H,34,37)/b11-8-/t20?,21-,23-,24-/m0/s1. The number of aryl methyl sites for hydroxylation is 1. The fourth-order valence-corrected chi connectivity index (χ4v) is 6.29. The molecule has 11 nitrogen and oxygen atoms in total. The zero-order chi connectivity index (χ0) is 31.9. The quantitative estimate of drug-likeness (QED) is 0.224. The molecule has 1 aliphatic heterocycles. The molecule has 2 fully saturated rings. The third-order valence-corrected chi connectivity index (χ3v) is 8.75. The maximum Gasteiger partial charge on any atom is 0.408 e. The lowest BCUT2D eigenvalue weighted by Crippen LogP contribution is -2.53. The Bertz CT molecular complexity index is 1340. The van der Waals surface area contributed by atoms with Gasteiger partial charge in [-0.25, -0.2) is 22.3 Å². The number of primary amides is 1. The Hall–Kier alpha value is -3.48. The van der Waals surface area contributed by atoms with Crippen molar-refractivity contribution in [2.45, 2.75) is 102 Å². The Morgan fingerprint density at radius 2 is 1.91 bits per heavy atom. The average molecular weight is 623 g/mol. The van der Waals surface area contributed by atoms with Gasteiger partial charge >= 0.3 is 6.09 Å². The average Bonchev–Trinajstić information content (AvgIpc) is 3.50. The van der Waals surface area contributed by atoms with E-state index in [0.29, 0.717) is 50.6 Å². The maximum atomic E-state index is 14.0. The normalized spacial score (nSPS) is 21.0. The molecular weight excluding hydrogens is 579 g/mol. The van der Waals surface area contributed by atoms with Crippen LogP contribution >= 0.6 is 0 Å². The van der Waals surface area contributed by atoms with Gasteiger partial charge in [0, 0.05) is 12.5 Å². The fourth-order valence-electron chi connectivity index (χ4n) is 5.10. The van der Waals surface area contributed by atoms with E-state index in [0.717, 1.165) is 18.9 Å². The van der Waals surface area contributed by atoms with Gasteiger partial charge in [-0.05, 0) is 89.8 Å². The molecule has 43 heavy (non-hydrogen) atoms. The zero-order valence-corrected chi connectivity index (χ0v) is 26.0. The third-order valence-electron chi connectivity index (χ3n) is 7.39. The van der Waals surface area contributed by atoms with Crippen LogP contribution in [0.3, 0.4) is 0 Å². The Kier molecular flexibility index (Phi) is 11.3. The van der Waals surface area contributed by atoms with Crippen molar-refractivity contribution >= 4 is 33.8 Å². The lowest BCUT2D eigenvalue weighted by atomic mass is 10.0. The largest absolute Gasteiger partial charge is 0.444 e. The Morgan fingerprint density at radius 1 is 1.19 bits per heavy atom. The molecule has 238 valence electrons. The first-order chi connectivity index (χ1) is 20.1. The predicted molar refractivity (Wildman–Crippen MR) is 157 cm³/mol. The molecule has 4 N–H and O–H groups in total. The van der Waals surface area contributed by atoms with Gasteiger partial charge < -0.3 is 20.7 Å². The van der Waals surface area contributed by atoms with Crippen molar-refractivity contribution in [3.05, 3.63) is 41.7 Å². The molecule has 3 rings (SSSR count). The summed E-state index contributed by atoms with van der Waals surface area (Å²) >= 11 is 0. The number of ether oxygens (including phenoxy) is 1. The van der Waals surface area contributed by atoms with Crippen LogP contribution in [-0.4, -0.2) is 61.4 Å². The molecule has 0 bridgehead atoms. The first kappa shape index (κ1) is 34.0. The summed E-state index contributed by atoms with van der Waals surface area (Å²) in [5, 5.41) is 2.66. The van der Waals surface area contributed by atoms with E-state index in [1.165, 1.54) is 17.0 Å². The van der Waals surface area contributed by atoms with Crippen molar-refractivity contribution in [3.63, 3.8) is 0 Å². The second-order valence-corrected chi connectivity index (χ2v) is 13.9. The first-order valence-corrected chi connectivity index (χ1v) is 16.2. The van der Waals surface area contributed by atoms with E-state index in [1.807, 2.05) is 16.9 Å². The number of hydrogen-bond acceptors (Lipinski definition) is 7. The summed E-state index contributed by atoms with van der Waals surface area (Å²) in [6, 6.07) is 2.16. The van der Waals surface area contributed by atoms with Gasteiger partial charge in [0.1, 0.15) is 28.4 Å². The molecule has 0 spiro atoms. The van der Waals surface area contributed by atoms with Crippen LogP contribution in [-0.2, 0) is 29.1 Å². The van der Waals surface area contributed by atoms with Gasteiger partial charge in [0.05, 0.1) is 0 Å². The van der Waals surface area contributed by atoms with E-state index in [4.69, 9.17) is 10.5 Å². The van der Waals surface area contributed by atoms with Crippen molar-refractivity contribution in [1.82, 2.24) is 14.9 Å². The second-order valence-electron chi connectivity index (χ2n) is 12.3. The Morgan fingerprint density at radius 3 is 2.58 bits per heavy atom. The molecule has 1 aromatic rings. The van der Waals surface area contributed by atoms with Crippen molar-refractivity contribution in [3.8, 4) is 0 Å². The van der Waals surface area contributed by atoms with Crippen molar-refractivity contribution in [2.24, 2.45) is 17.6 Å². The van der Waals surface area contributed by atoms with E-state index in [-0.39, 0.29) is 11.8 Å². The highest BCUT2D eigenvalue weighted by atomic mass is 32.2. The lowest BCUT2D eigenvalue weighted by Gasteiger charge is -2.28. The number of nitrogens with one attached hydrogen (secondary N) is 2. The first-order valence-electron chi connectivity index (χ1n) is 14.7. The molecule has 2 aliphatic rings. The molecule has 1 unspecified atom stereocenters. The van der Waals surface area contributed by atoms with E-state index in [1.54, 1.807) is 27.7 Å². The third kappa shape index (κ3) is 10.0. The number of sulfonamides is 1. The molecule has 4 atom stereocenters. The highest BCUT2D eigenvalue weighted by Crippen LogP contribution is 2.40. The zero-order valence-electron chi connectivity index (χ0n) is 25.2. The number of nitrogens with two attached hydrogens (primary N) is 1. The molecule has 0 radical (unpaired) electrons. The van der Waals surface area contributed by atoms with Gasteiger partial charge in [-0.3, -0.25) is 14.4 Å². The number of allylic oxidation sites excluding steroid dienone is 2. The number of amides is 4. The lowest BCUT2D eigenvalue weighted by molar-refractivity contribution is -0.139. The molecule has 4 amide bonds. The van der Waals surface area contributed by atoms with Crippen molar-refractivity contribution in [2.75, 3.05) is 6.54 Å². The topological polar surface area (TPSA) is 165 Å². The molecule has 1 aliphatic carbocycles. The number of carbonyl (C=O) groups is 4. The SMILES string of the molecule is Cc1ccc(F)c(S(=O)(=O)NC(=O)[C@H]2CC2/C=C\CCCCC[C@H](NC(=O)OC(C)(C)C)C(=O)N2CCC[C@H]2C(N)=O)c1. The minimum Gasteiger partial charge on any atom is -0.444 e. The van der Waals surface area contributed by atoms with Crippen LogP contribution < -0.4 is 15.8 Å². The molecular formula is C30H43FN4O7S. The van der Waals surface area contributed by atoms with Crippen LogP contribution in [0.2, 0.25) is 0 Å². The Labute approximate surface area is 252 Å². The van der Waals surface area contributed by atoms with E-state index < -0.39 is 62.2 Å². The van der Waals surface area contributed by atoms with Crippen molar-refractivity contribution in [1.29, 1.82) is 0 Å². The van der Waals surface area contributed by atoms with Crippen LogP contribution in [0.1, 0.15) is 77.7 Å². The number of nitrogens with zero attached hydrogens (tertiary/aromatic N) is 1. The van der Waals surface area contributed by atoms with Crippen LogP contribution in [0.15, 0.2) is 35.2 Å². The summed E-state index contributed by atoms with van der Waals surface area (Å²) in [6.07, 6.45) is 8.06. The molecule has 1 aromatic carbocycles. The molecule has 1 saturated carbocycles. The van der Waals surface area contributed by atoms with E-state index in [2.05, 4.69) is 5.32 Å². The number of halogens is 1. The minimum atomic E-state index is -4.30. The van der Waals surface area contributed by atoms with E-state index in [9.17, 15) is 32.0 Å². The number of alkyl carbamates (subject to hydrolysis) is 1. The van der Waals surface area contributed by atoms with Crippen LogP contribution in [0.25, 0.3) is 0 Å². The molecule has 1 saturated heterocycles.